The number of hydrogen-bond donors (Lipinski definition) is 0. The molecule has 0 aliphatic rings. The molecule has 0 saturated heterocycles. The minimum Gasteiger partial charge on any atom is -0.311 e. The summed E-state index contributed by atoms with van der Waals surface area (Å²) in [5.41, 5.74) is 22.3. The van der Waals surface area contributed by atoms with Crippen molar-refractivity contribution in [2.24, 2.45) is 0 Å². The van der Waals surface area contributed by atoms with Crippen LogP contribution in [0.5, 0.6) is 0 Å². The minimum absolute atomic E-state index is 1.06. The summed E-state index contributed by atoms with van der Waals surface area (Å²) in [7, 11) is 0. The zero-order chi connectivity index (χ0) is 56.2. The van der Waals surface area contributed by atoms with Gasteiger partial charge in [0.05, 0.1) is 0 Å². The Morgan fingerprint density at radius 2 is 0.434 bits per heavy atom. The predicted molar refractivity (Wildman–Crippen MR) is 354 cm³/mol. The van der Waals surface area contributed by atoms with Gasteiger partial charge in [0.1, 0.15) is 0 Å². The number of para-hydroxylation sites is 4. The van der Waals surface area contributed by atoms with E-state index in [4.69, 9.17) is 0 Å². The summed E-state index contributed by atoms with van der Waals surface area (Å²) in [4.78, 5) is 9.26. The third-order valence-corrected chi connectivity index (χ3v) is 15.0. The molecule has 0 fully saturated rings. The van der Waals surface area contributed by atoms with Gasteiger partial charge >= 0.3 is 0 Å². The van der Waals surface area contributed by atoms with E-state index in [0.29, 0.717) is 0 Å². The number of anilines is 12. The van der Waals surface area contributed by atoms with Gasteiger partial charge in [-0.15, -0.1) is 0 Å². The highest BCUT2D eigenvalue weighted by Gasteiger charge is 2.19. The highest BCUT2D eigenvalue weighted by atomic mass is 15.2. The molecule has 0 aliphatic heterocycles. The maximum Gasteiger partial charge on any atom is 0.0463 e. The molecule has 0 radical (unpaired) electrons. The Kier molecular flexibility index (Phi) is 15.9. The van der Waals surface area contributed by atoms with Crippen LogP contribution in [0.1, 0.15) is 12.5 Å². The second-order valence-corrected chi connectivity index (χ2v) is 20.2. The van der Waals surface area contributed by atoms with Gasteiger partial charge in [0.2, 0.25) is 0 Å². The molecule has 0 aliphatic carbocycles. The molecule has 398 valence electrons. The second-order valence-electron chi connectivity index (χ2n) is 20.2. The maximum atomic E-state index is 3.84. The quantitative estimate of drug-likeness (QED) is 0.0794. The Hall–Kier alpha value is -10.9. The van der Waals surface area contributed by atoms with Gasteiger partial charge in [-0.3, -0.25) is 0 Å². The molecular weight excluding hydrogens is 1000 g/mol. The number of hydrogen-bond acceptors (Lipinski definition) is 4. The van der Waals surface area contributed by atoms with E-state index < -0.39 is 0 Å². The van der Waals surface area contributed by atoms with Crippen molar-refractivity contribution in [1.29, 1.82) is 0 Å². The zero-order valence-corrected chi connectivity index (χ0v) is 46.4. The molecule has 12 aromatic rings. The predicted octanol–water partition coefficient (Wildman–Crippen LogP) is 22.7. The smallest absolute Gasteiger partial charge is 0.0463 e. The normalized spacial score (nSPS) is 11.3. The molecule has 0 bridgehead atoms. The van der Waals surface area contributed by atoms with Crippen molar-refractivity contribution in [2.75, 3.05) is 19.6 Å². The Labute approximate surface area is 489 Å². The summed E-state index contributed by atoms with van der Waals surface area (Å²) in [5, 5.41) is 0. The summed E-state index contributed by atoms with van der Waals surface area (Å²) >= 11 is 0. The van der Waals surface area contributed by atoms with Crippen LogP contribution < -0.4 is 19.6 Å². The van der Waals surface area contributed by atoms with Gasteiger partial charge in [-0.05, 0) is 197 Å². The fourth-order valence-corrected chi connectivity index (χ4v) is 10.8. The number of allylic oxidation sites excluding steroid dienone is 5. The molecule has 0 amide bonds. The van der Waals surface area contributed by atoms with Gasteiger partial charge in [0.25, 0.3) is 0 Å². The van der Waals surface area contributed by atoms with Gasteiger partial charge in [-0.1, -0.05) is 207 Å². The third kappa shape index (κ3) is 11.9. The summed E-state index contributed by atoms with van der Waals surface area (Å²) in [5.74, 6) is 0. The molecule has 0 saturated carbocycles. The van der Waals surface area contributed by atoms with E-state index >= 15 is 0 Å². The molecule has 83 heavy (non-hydrogen) atoms. The van der Waals surface area contributed by atoms with Crippen LogP contribution >= 0.6 is 0 Å². The summed E-state index contributed by atoms with van der Waals surface area (Å²) < 4.78 is 0. The Bertz CT molecular complexity index is 4070. The molecule has 12 rings (SSSR count). The summed E-state index contributed by atoms with van der Waals surface area (Å²) in [6, 6.07) is 115. The molecule has 0 spiro atoms. The van der Waals surface area contributed by atoms with Crippen LogP contribution in [0.25, 0.3) is 39.0 Å². The SMILES string of the molecule is C=C/C=C\C(=C/C)c1ccc(N(c2ccccc2)c2ccc(-c3ccc(N(c4ccccc4)c4ccc(N(c5ccccc5)c5ccc(-c6ccc(N(c7ccccc7)c7ccc(-c8ccccc8)cc7)cc6)cc5)cc4)cc3)cc2)cc1. The lowest BCUT2D eigenvalue weighted by Crippen LogP contribution is -2.12. The lowest BCUT2D eigenvalue weighted by atomic mass is 10.0. The molecule has 0 aromatic heterocycles. The molecular formula is C79H62N4. The van der Waals surface area contributed by atoms with E-state index in [1.54, 1.807) is 6.08 Å². The van der Waals surface area contributed by atoms with Crippen molar-refractivity contribution in [2.45, 2.75) is 6.92 Å². The van der Waals surface area contributed by atoms with Crippen molar-refractivity contribution in [1.82, 2.24) is 0 Å². The Morgan fingerprint density at radius 3 is 0.663 bits per heavy atom. The van der Waals surface area contributed by atoms with Gasteiger partial charge < -0.3 is 19.6 Å². The lowest BCUT2D eigenvalue weighted by Gasteiger charge is -2.28. The van der Waals surface area contributed by atoms with E-state index in [-0.39, 0.29) is 0 Å². The van der Waals surface area contributed by atoms with E-state index in [1.165, 1.54) is 11.1 Å². The standard InChI is InChI=1S/C79H62N4/c1-3-5-21-60(4-2)62-32-44-72(45-33-62)80(68-24-13-7-14-25-68)74-48-36-64(37-49-74)66-40-52-76(53-41-66)82(70-28-17-9-18-29-70)78-56-58-79(59-57-78)83(71-30-19-10-20-31-71)77-54-42-67(43-55-77)65-38-50-75(51-39-65)81(69-26-15-8-16-27-69)73-46-34-63(35-47-73)61-22-11-6-12-23-61/h3-59H,1H2,2H3/b21-5-,60-4+. The van der Waals surface area contributed by atoms with Crippen LogP contribution in [0.15, 0.2) is 352 Å². The second kappa shape index (κ2) is 25.0. The largest absolute Gasteiger partial charge is 0.311 e. The monoisotopic (exact) mass is 1070 g/mol. The molecule has 4 heteroatoms. The van der Waals surface area contributed by atoms with Crippen LogP contribution in [-0.4, -0.2) is 0 Å². The van der Waals surface area contributed by atoms with E-state index in [0.717, 1.165) is 102 Å². The van der Waals surface area contributed by atoms with Crippen LogP contribution in [0.4, 0.5) is 68.2 Å². The number of rotatable bonds is 18. The number of benzene rings is 12. The summed E-state index contributed by atoms with van der Waals surface area (Å²) in [6.45, 7) is 5.91. The van der Waals surface area contributed by atoms with Gasteiger partial charge in [-0.2, -0.15) is 0 Å². The van der Waals surface area contributed by atoms with Gasteiger partial charge in [0.15, 0.2) is 0 Å². The first-order chi connectivity index (χ1) is 41.1. The Morgan fingerprint density at radius 1 is 0.241 bits per heavy atom. The molecule has 0 N–H and O–H groups in total. The van der Waals surface area contributed by atoms with E-state index in [9.17, 15) is 0 Å². The van der Waals surface area contributed by atoms with Gasteiger partial charge in [0, 0.05) is 68.2 Å². The Balaban J connectivity index is 0.789. The maximum absolute atomic E-state index is 3.84. The average Bonchev–Trinajstić information content (AvgIpc) is 3.75. The minimum atomic E-state index is 1.06. The van der Waals surface area contributed by atoms with Gasteiger partial charge in [-0.25, -0.2) is 0 Å². The lowest BCUT2D eigenvalue weighted by molar-refractivity contribution is 1.26. The van der Waals surface area contributed by atoms with Crippen LogP contribution in [0.2, 0.25) is 0 Å². The highest BCUT2D eigenvalue weighted by molar-refractivity contribution is 5.86. The summed E-state index contributed by atoms with van der Waals surface area (Å²) in [6.07, 6.45) is 8.00. The van der Waals surface area contributed by atoms with Crippen LogP contribution in [-0.2, 0) is 0 Å². The van der Waals surface area contributed by atoms with Crippen molar-refractivity contribution in [3.63, 3.8) is 0 Å². The zero-order valence-electron chi connectivity index (χ0n) is 46.4. The van der Waals surface area contributed by atoms with Crippen molar-refractivity contribution in [3.8, 4) is 33.4 Å². The van der Waals surface area contributed by atoms with Crippen molar-refractivity contribution < 1.29 is 0 Å². The fourth-order valence-electron chi connectivity index (χ4n) is 10.8. The first-order valence-corrected chi connectivity index (χ1v) is 28.2. The first kappa shape index (κ1) is 52.7. The van der Waals surface area contributed by atoms with E-state index in [1.807, 2.05) is 6.08 Å². The molecule has 4 nitrogen and oxygen atoms in total. The molecule has 12 aromatic carbocycles. The average molecular weight is 1070 g/mol. The highest BCUT2D eigenvalue weighted by Crippen LogP contribution is 2.42. The molecule has 0 atom stereocenters. The van der Waals surface area contributed by atoms with Crippen molar-refractivity contribution >= 4 is 73.8 Å². The molecule has 0 heterocycles. The van der Waals surface area contributed by atoms with Crippen LogP contribution in [0.3, 0.4) is 0 Å². The first-order valence-electron chi connectivity index (χ1n) is 28.2. The number of nitrogens with zero attached hydrogens (tertiary/aromatic N) is 4. The topological polar surface area (TPSA) is 13.0 Å². The van der Waals surface area contributed by atoms with E-state index in [2.05, 4.69) is 367 Å². The molecule has 0 unspecified atom stereocenters. The fraction of sp³-hybridized carbons (Fsp3) is 0.0127. The van der Waals surface area contributed by atoms with Crippen LogP contribution in [0, 0.1) is 0 Å². The third-order valence-electron chi connectivity index (χ3n) is 15.0. The van der Waals surface area contributed by atoms with Crippen molar-refractivity contribution in [3.05, 3.63) is 358 Å².